The third-order valence-electron chi connectivity index (χ3n) is 4.16. The van der Waals surface area contributed by atoms with Gasteiger partial charge in [-0.3, -0.25) is 4.79 Å². The zero-order valence-corrected chi connectivity index (χ0v) is 18.6. The number of carbonyl (C=O) groups excluding carboxylic acids is 3. The SMILES string of the molecule is C=C(C)C(=O)OCCOc1ccc(-c2ccc(OC=O)cc2)cc1OCCOC(=O)C(=C)C. The molecule has 0 fully saturated rings. The van der Waals surface area contributed by atoms with Crippen LogP contribution in [-0.2, 0) is 23.9 Å². The van der Waals surface area contributed by atoms with Crippen LogP contribution in [0.15, 0.2) is 66.8 Å². The summed E-state index contributed by atoms with van der Waals surface area (Å²) in [7, 11) is 0. The Morgan fingerprint density at radius 3 is 1.79 bits per heavy atom. The van der Waals surface area contributed by atoms with Gasteiger partial charge in [0.05, 0.1) is 0 Å². The van der Waals surface area contributed by atoms with Gasteiger partial charge in [0, 0.05) is 11.1 Å². The molecular formula is C25H26O8. The molecule has 33 heavy (non-hydrogen) atoms. The quantitative estimate of drug-likeness (QED) is 0.195. The number of esters is 2. The van der Waals surface area contributed by atoms with Crippen molar-refractivity contribution in [1.82, 2.24) is 0 Å². The van der Waals surface area contributed by atoms with E-state index in [9.17, 15) is 14.4 Å². The van der Waals surface area contributed by atoms with E-state index in [-0.39, 0.29) is 26.4 Å². The standard InChI is InChI=1S/C25H26O8/c1-17(2)24(27)31-13-11-29-22-10-7-20(19-5-8-21(9-6-19)33-16-26)15-23(22)30-12-14-32-25(28)18(3)4/h5-10,15-16H,1,3,11-14H2,2,4H3. The van der Waals surface area contributed by atoms with Crippen molar-refractivity contribution in [3.63, 3.8) is 0 Å². The summed E-state index contributed by atoms with van der Waals surface area (Å²) in [6, 6.07) is 12.3. The van der Waals surface area contributed by atoms with Gasteiger partial charge in [-0.05, 0) is 49.2 Å². The molecule has 0 amide bonds. The fraction of sp³-hybridized carbons (Fsp3) is 0.240. The first-order valence-corrected chi connectivity index (χ1v) is 10.1. The van der Waals surface area contributed by atoms with E-state index in [1.807, 2.05) is 6.07 Å². The van der Waals surface area contributed by atoms with Gasteiger partial charge in [0.1, 0.15) is 32.2 Å². The highest BCUT2D eigenvalue weighted by Gasteiger charge is 2.11. The third kappa shape index (κ3) is 8.17. The fourth-order valence-electron chi connectivity index (χ4n) is 2.52. The Bertz CT molecular complexity index is 1010. The van der Waals surface area contributed by atoms with E-state index in [1.54, 1.807) is 50.2 Å². The maximum Gasteiger partial charge on any atom is 0.333 e. The van der Waals surface area contributed by atoms with Crippen molar-refractivity contribution in [3.05, 3.63) is 66.8 Å². The molecule has 0 aliphatic rings. The highest BCUT2D eigenvalue weighted by Crippen LogP contribution is 2.33. The molecule has 0 atom stereocenters. The van der Waals surface area contributed by atoms with Crippen molar-refractivity contribution >= 4 is 18.4 Å². The number of rotatable bonds is 13. The summed E-state index contributed by atoms with van der Waals surface area (Å²) in [6.45, 7) is 10.8. The summed E-state index contributed by atoms with van der Waals surface area (Å²) >= 11 is 0. The number of carbonyl (C=O) groups is 3. The smallest absolute Gasteiger partial charge is 0.333 e. The minimum Gasteiger partial charge on any atom is -0.486 e. The molecule has 0 bridgehead atoms. The van der Waals surface area contributed by atoms with Gasteiger partial charge in [-0.15, -0.1) is 0 Å². The second-order valence-corrected chi connectivity index (χ2v) is 6.93. The monoisotopic (exact) mass is 454 g/mol. The van der Waals surface area contributed by atoms with Crippen LogP contribution in [0.5, 0.6) is 17.2 Å². The first-order chi connectivity index (χ1) is 15.8. The molecule has 0 radical (unpaired) electrons. The van der Waals surface area contributed by atoms with Gasteiger partial charge in [0.25, 0.3) is 6.47 Å². The van der Waals surface area contributed by atoms with Gasteiger partial charge in [-0.2, -0.15) is 0 Å². The molecular weight excluding hydrogens is 428 g/mol. The van der Waals surface area contributed by atoms with Crippen LogP contribution in [0.1, 0.15) is 13.8 Å². The van der Waals surface area contributed by atoms with E-state index >= 15 is 0 Å². The molecule has 2 rings (SSSR count). The predicted molar refractivity (Wildman–Crippen MR) is 121 cm³/mol. The van der Waals surface area contributed by atoms with Gasteiger partial charge >= 0.3 is 11.9 Å². The van der Waals surface area contributed by atoms with Crippen LogP contribution in [-0.4, -0.2) is 44.8 Å². The van der Waals surface area contributed by atoms with Crippen LogP contribution in [0.2, 0.25) is 0 Å². The Morgan fingerprint density at radius 2 is 1.27 bits per heavy atom. The van der Waals surface area contributed by atoms with Crippen LogP contribution in [0.25, 0.3) is 11.1 Å². The lowest BCUT2D eigenvalue weighted by molar-refractivity contribution is -0.140. The van der Waals surface area contributed by atoms with Gasteiger partial charge in [0.2, 0.25) is 0 Å². The molecule has 0 aromatic heterocycles. The average Bonchev–Trinajstić information content (AvgIpc) is 2.80. The minimum absolute atomic E-state index is 0.0311. The first kappa shape index (κ1) is 25.2. The molecule has 0 saturated heterocycles. The molecule has 0 N–H and O–H groups in total. The van der Waals surface area contributed by atoms with E-state index in [2.05, 4.69) is 13.2 Å². The van der Waals surface area contributed by atoms with Crippen molar-refractivity contribution in [2.45, 2.75) is 13.8 Å². The van der Waals surface area contributed by atoms with E-state index in [1.165, 1.54) is 0 Å². The van der Waals surface area contributed by atoms with Crippen LogP contribution in [0.4, 0.5) is 0 Å². The number of benzene rings is 2. The lowest BCUT2D eigenvalue weighted by atomic mass is 10.1. The molecule has 0 unspecified atom stereocenters. The molecule has 8 heteroatoms. The second-order valence-electron chi connectivity index (χ2n) is 6.93. The summed E-state index contributed by atoms with van der Waals surface area (Å²) in [5.41, 5.74) is 2.28. The van der Waals surface area contributed by atoms with Crippen molar-refractivity contribution in [1.29, 1.82) is 0 Å². The number of ether oxygens (including phenoxy) is 5. The molecule has 2 aromatic rings. The highest BCUT2D eigenvalue weighted by atomic mass is 16.6. The highest BCUT2D eigenvalue weighted by molar-refractivity contribution is 5.87. The Labute approximate surface area is 192 Å². The van der Waals surface area contributed by atoms with Crippen LogP contribution < -0.4 is 14.2 Å². The lowest BCUT2D eigenvalue weighted by Gasteiger charge is -2.15. The first-order valence-electron chi connectivity index (χ1n) is 10.1. The predicted octanol–water partition coefficient (Wildman–Crippen LogP) is 3.89. The normalized spacial score (nSPS) is 10.0. The van der Waals surface area contributed by atoms with Gasteiger partial charge in [0.15, 0.2) is 11.5 Å². The topological polar surface area (TPSA) is 97.4 Å². The second kappa shape index (κ2) is 12.7. The maximum absolute atomic E-state index is 11.5. The van der Waals surface area contributed by atoms with Crippen LogP contribution in [0.3, 0.4) is 0 Å². The summed E-state index contributed by atoms with van der Waals surface area (Å²) in [5, 5.41) is 0. The number of hydrogen-bond donors (Lipinski definition) is 0. The molecule has 0 aliphatic heterocycles. The van der Waals surface area contributed by atoms with Crippen molar-refractivity contribution in [2.24, 2.45) is 0 Å². The van der Waals surface area contributed by atoms with Crippen molar-refractivity contribution in [2.75, 3.05) is 26.4 Å². The van der Waals surface area contributed by atoms with Crippen molar-refractivity contribution < 1.29 is 38.1 Å². The third-order valence-corrected chi connectivity index (χ3v) is 4.16. The van der Waals surface area contributed by atoms with E-state index < -0.39 is 11.9 Å². The zero-order chi connectivity index (χ0) is 24.2. The number of hydrogen-bond acceptors (Lipinski definition) is 8. The van der Waals surface area contributed by atoms with Crippen molar-refractivity contribution in [3.8, 4) is 28.4 Å². The molecule has 174 valence electrons. The van der Waals surface area contributed by atoms with Gasteiger partial charge in [-0.25, -0.2) is 9.59 Å². The Balaban J connectivity index is 2.11. The molecule has 8 nitrogen and oxygen atoms in total. The van der Waals surface area contributed by atoms with E-state index in [4.69, 9.17) is 23.7 Å². The summed E-state index contributed by atoms with van der Waals surface area (Å²) in [6.07, 6.45) is 0. The van der Waals surface area contributed by atoms with Crippen LogP contribution >= 0.6 is 0 Å². The van der Waals surface area contributed by atoms with E-state index in [0.717, 1.165) is 11.1 Å². The summed E-state index contributed by atoms with van der Waals surface area (Å²) < 4.78 is 26.4. The summed E-state index contributed by atoms with van der Waals surface area (Å²) in [4.78, 5) is 33.5. The lowest BCUT2D eigenvalue weighted by Crippen LogP contribution is -2.14. The Morgan fingerprint density at radius 1 is 0.758 bits per heavy atom. The van der Waals surface area contributed by atoms with Crippen LogP contribution in [0, 0.1) is 0 Å². The van der Waals surface area contributed by atoms with Gasteiger partial charge in [-0.1, -0.05) is 31.4 Å². The summed E-state index contributed by atoms with van der Waals surface area (Å²) in [5.74, 6) is 0.275. The molecule has 2 aromatic carbocycles. The largest absolute Gasteiger partial charge is 0.486 e. The Kier molecular flexibility index (Phi) is 9.70. The zero-order valence-electron chi connectivity index (χ0n) is 18.6. The molecule has 0 saturated carbocycles. The Hall–Kier alpha value is -4.07. The van der Waals surface area contributed by atoms with E-state index in [0.29, 0.717) is 34.9 Å². The molecule has 0 spiro atoms. The minimum atomic E-state index is -0.499. The average molecular weight is 454 g/mol. The fourth-order valence-corrected chi connectivity index (χ4v) is 2.52. The molecule has 0 aliphatic carbocycles. The maximum atomic E-state index is 11.5. The molecule has 0 heterocycles. The van der Waals surface area contributed by atoms with Gasteiger partial charge < -0.3 is 23.7 Å².